The minimum absolute atomic E-state index is 0.0794. The molecule has 0 aliphatic heterocycles. The zero-order valence-corrected chi connectivity index (χ0v) is 8.60. The van der Waals surface area contributed by atoms with Crippen molar-refractivity contribution < 1.29 is 9.31 Å². The van der Waals surface area contributed by atoms with Gasteiger partial charge in [-0.25, -0.2) is 0 Å². The molecule has 0 amide bonds. The number of nitro groups is 1. The summed E-state index contributed by atoms with van der Waals surface area (Å²) in [6.45, 7) is 0.241. The first-order valence-electron chi connectivity index (χ1n) is 5.01. The van der Waals surface area contributed by atoms with Crippen LogP contribution in [0.1, 0.15) is 6.42 Å². The Morgan fingerprint density at radius 3 is 2.88 bits per heavy atom. The van der Waals surface area contributed by atoms with E-state index in [2.05, 4.69) is 0 Å². The van der Waals surface area contributed by atoms with E-state index in [9.17, 15) is 14.5 Å². The van der Waals surface area contributed by atoms with Crippen LogP contribution >= 0.6 is 0 Å². The maximum Gasteiger partial charge on any atom is 0.270 e. The van der Waals surface area contributed by atoms with Crippen LogP contribution in [0.3, 0.4) is 0 Å². The van der Waals surface area contributed by atoms with Gasteiger partial charge in [-0.1, -0.05) is 0 Å². The van der Waals surface area contributed by atoms with Gasteiger partial charge in [0.2, 0.25) is 0 Å². The number of nitrogens with zero attached hydrogens (tertiary/aromatic N) is 2. The van der Waals surface area contributed by atoms with Crippen LogP contribution in [0.15, 0.2) is 30.5 Å². The zero-order chi connectivity index (χ0) is 11.5. The molecule has 0 spiro atoms. The van der Waals surface area contributed by atoms with Gasteiger partial charge in [-0.15, -0.1) is 0 Å². The number of rotatable bonds is 4. The van der Waals surface area contributed by atoms with Crippen LogP contribution in [0, 0.1) is 10.1 Å². The molecular weight excluding hydrogens is 211 g/mol. The van der Waals surface area contributed by atoms with Crippen molar-refractivity contribution in [3.8, 4) is 0 Å². The van der Waals surface area contributed by atoms with E-state index in [1.807, 2.05) is 10.8 Å². The molecule has 0 saturated heterocycles. The van der Waals surface area contributed by atoms with Crippen LogP contribution < -0.4 is 0 Å². The summed E-state index contributed by atoms with van der Waals surface area (Å²) in [4.78, 5) is 10.2. The maximum absolute atomic E-state index is 12.1. The molecule has 1 aromatic heterocycles. The van der Waals surface area contributed by atoms with Gasteiger partial charge in [0, 0.05) is 35.8 Å². The molecule has 1 heterocycles. The Kier molecular flexibility index (Phi) is 2.85. The van der Waals surface area contributed by atoms with Crippen molar-refractivity contribution in [2.75, 3.05) is 6.67 Å². The monoisotopic (exact) mass is 222 g/mol. The van der Waals surface area contributed by atoms with E-state index >= 15 is 0 Å². The SMILES string of the molecule is O=[N+]([O-])c1ccc2c(ccn2CCCF)c1. The van der Waals surface area contributed by atoms with E-state index in [1.165, 1.54) is 12.1 Å². The van der Waals surface area contributed by atoms with Crippen LogP contribution in [-0.4, -0.2) is 16.2 Å². The third kappa shape index (κ3) is 1.88. The predicted molar refractivity (Wildman–Crippen MR) is 59.2 cm³/mol. The highest BCUT2D eigenvalue weighted by Crippen LogP contribution is 2.22. The first-order valence-corrected chi connectivity index (χ1v) is 5.01. The van der Waals surface area contributed by atoms with Gasteiger partial charge in [-0.2, -0.15) is 0 Å². The number of nitro benzene ring substituents is 1. The van der Waals surface area contributed by atoms with Crippen molar-refractivity contribution >= 4 is 16.6 Å². The smallest absolute Gasteiger partial charge is 0.270 e. The van der Waals surface area contributed by atoms with Gasteiger partial charge >= 0.3 is 0 Å². The average Bonchev–Trinajstić information content (AvgIpc) is 2.68. The Labute approximate surface area is 91.4 Å². The number of non-ortho nitro benzene ring substituents is 1. The van der Waals surface area contributed by atoms with Gasteiger partial charge in [-0.3, -0.25) is 14.5 Å². The molecule has 0 aliphatic carbocycles. The Morgan fingerprint density at radius 2 is 2.19 bits per heavy atom. The number of hydrogen-bond acceptors (Lipinski definition) is 2. The van der Waals surface area contributed by atoms with Crippen LogP contribution in [0.2, 0.25) is 0 Å². The molecule has 0 saturated carbocycles. The highest BCUT2D eigenvalue weighted by Gasteiger charge is 2.08. The second-order valence-electron chi connectivity index (χ2n) is 3.55. The summed E-state index contributed by atoms with van der Waals surface area (Å²) in [6.07, 6.45) is 2.28. The molecule has 0 fully saturated rings. The van der Waals surface area contributed by atoms with E-state index in [-0.39, 0.29) is 12.4 Å². The second-order valence-corrected chi connectivity index (χ2v) is 3.55. The Morgan fingerprint density at radius 1 is 1.38 bits per heavy atom. The van der Waals surface area contributed by atoms with Crippen molar-refractivity contribution in [3.05, 3.63) is 40.6 Å². The largest absolute Gasteiger partial charge is 0.347 e. The lowest BCUT2D eigenvalue weighted by atomic mass is 10.2. The van der Waals surface area contributed by atoms with Gasteiger partial charge in [0.1, 0.15) is 0 Å². The number of halogens is 1. The van der Waals surface area contributed by atoms with Crippen LogP contribution in [0.5, 0.6) is 0 Å². The van der Waals surface area contributed by atoms with Crippen LogP contribution in [0.25, 0.3) is 10.9 Å². The van der Waals surface area contributed by atoms with E-state index in [0.29, 0.717) is 13.0 Å². The standard InChI is InChI=1S/C11H11FN2O2/c12-5-1-6-13-7-4-9-8-10(14(15)16)2-3-11(9)13/h2-4,7-8H,1,5-6H2. The number of alkyl halides is 1. The van der Waals surface area contributed by atoms with Gasteiger partial charge < -0.3 is 4.57 Å². The Balaban J connectivity index is 2.38. The number of hydrogen-bond donors (Lipinski definition) is 0. The molecule has 2 rings (SSSR count). The Bertz CT molecular complexity index is 522. The van der Waals surface area contributed by atoms with E-state index in [4.69, 9.17) is 0 Å². The molecule has 0 bridgehead atoms. The van der Waals surface area contributed by atoms with E-state index < -0.39 is 4.92 Å². The first kappa shape index (κ1) is 10.6. The minimum atomic E-state index is -0.418. The van der Waals surface area contributed by atoms with Crippen molar-refractivity contribution in [1.29, 1.82) is 0 Å². The summed E-state index contributed by atoms with van der Waals surface area (Å²) in [5.41, 5.74) is 0.981. The lowest BCUT2D eigenvalue weighted by Gasteiger charge is -2.02. The Hall–Kier alpha value is -1.91. The lowest BCUT2D eigenvalue weighted by molar-refractivity contribution is -0.384. The highest BCUT2D eigenvalue weighted by molar-refractivity contribution is 5.82. The van der Waals surface area contributed by atoms with Gasteiger partial charge in [0.25, 0.3) is 5.69 Å². The fourth-order valence-electron chi connectivity index (χ4n) is 1.73. The normalized spacial score (nSPS) is 10.8. The molecule has 0 unspecified atom stereocenters. The lowest BCUT2D eigenvalue weighted by Crippen LogP contribution is -1.96. The topological polar surface area (TPSA) is 48.1 Å². The number of aromatic nitrogens is 1. The number of fused-ring (bicyclic) bond motifs is 1. The third-order valence-corrected chi connectivity index (χ3v) is 2.50. The third-order valence-electron chi connectivity index (χ3n) is 2.50. The van der Waals surface area contributed by atoms with Crippen molar-refractivity contribution in [3.63, 3.8) is 0 Å². The highest BCUT2D eigenvalue weighted by atomic mass is 19.1. The predicted octanol–water partition coefficient (Wildman–Crippen LogP) is 2.91. The molecule has 0 radical (unpaired) electrons. The zero-order valence-electron chi connectivity index (χ0n) is 8.60. The number of aryl methyl sites for hydroxylation is 1. The van der Waals surface area contributed by atoms with Gasteiger partial charge in [0.05, 0.1) is 11.6 Å². The summed E-state index contributed by atoms with van der Waals surface area (Å²) < 4.78 is 14.0. The average molecular weight is 222 g/mol. The molecule has 84 valence electrons. The van der Waals surface area contributed by atoms with Crippen molar-refractivity contribution in [2.45, 2.75) is 13.0 Å². The van der Waals surface area contributed by atoms with Crippen LogP contribution in [0.4, 0.5) is 10.1 Å². The fourth-order valence-corrected chi connectivity index (χ4v) is 1.73. The molecule has 16 heavy (non-hydrogen) atoms. The second kappa shape index (κ2) is 4.30. The molecule has 0 N–H and O–H groups in total. The van der Waals surface area contributed by atoms with Gasteiger partial charge in [-0.05, 0) is 18.6 Å². The molecule has 0 atom stereocenters. The minimum Gasteiger partial charge on any atom is -0.347 e. The molecule has 0 aliphatic rings. The van der Waals surface area contributed by atoms with Crippen molar-refractivity contribution in [2.24, 2.45) is 0 Å². The summed E-state index contributed by atoms with van der Waals surface area (Å²) in [6, 6.07) is 6.50. The quantitative estimate of drug-likeness (QED) is 0.589. The summed E-state index contributed by atoms with van der Waals surface area (Å²) in [7, 11) is 0. The van der Waals surface area contributed by atoms with Crippen molar-refractivity contribution in [1.82, 2.24) is 4.57 Å². The van der Waals surface area contributed by atoms with E-state index in [0.717, 1.165) is 10.9 Å². The summed E-state index contributed by atoms with van der Waals surface area (Å²) in [5.74, 6) is 0. The summed E-state index contributed by atoms with van der Waals surface area (Å²) >= 11 is 0. The maximum atomic E-state index is 12.1. The fraction of sp³-hybridized carbons (Fsp3) is 0.273. The molecule has 5 heteroatoms. The molecule has 2 aromatic rings. The first-order chi connectivity index (χ1) is 7.72. The number of benzene rings is 1. The molecular formula is C11H11FN2O2. The summed E-state index contributed by atoms with van der Waals surface area (Å²) in [5, 5.41) is 11.4. The molecule has 4 nitrogen and oxygen atoms in total. The van der Waals surface area contributed by atoms with Crippen LogP contribution in [-0.2, 0) is 6.54 Å². The molecule has 1 aromatic carbocycles. The van der Waals surface area contributed by atoms with Gasteiger partial charge in [0.15, 0.2) is 0 Å². The van der Waals surface area contributed by atoms with E-state index in [1.54, 1.807) is 12.1 Å².